The molecule has 0 nitrogen and oxygen atoms in total. The average Bonchev–Trinajstić information content (AvgIpc) is 1.62. The smallest absolute Gasteiger partial charge is 0 e. The molecule has 0 aromatic carbocycles. The second-order valence-electron chi connectivity index (χ2n) is 2.10. The van der Waals surface area contributed by atoms with Crippen molar-refractivity contribution >= 4 is 24.8 Å². The summed E-state index contributed by atoms with van der Waals surface area (Å²) in [7, 11) is 0. The average molecular weight is 376 g/mol. The van der Waals surface area contributed by atoms with Crippen LogP contribution in [-0.4, -0.2) is 0 Å². The maximum Gasteiger partial charge on any atom is 0 e. The number of hydrogen-bond donors (Lipinski definition) is 0. The van der Waals surface area contributed by atoms with Crippen LogP contribution in [0.25, 0.3) is 0 Å². The van der Waals surface area contributed by atoms with E-state index >= 15 is 0 Å². The minimum atomic E-state index is 0. The zero-order valence-corrected chi connectivity index (χ0v) is 10.2. The van der Waals surface area contributed by atoms with Crippen LogP contribution in [0.1, 0.15) is 25.7 Å². The molecule has 0 fully saturated rings. The summed E-state index contributed by atoms with van der Waals surface area (Å²) in [5.74, 6) is 0. The van der Waals surface area contributed by atoms with Gasteiger partial charge in [-0.25, -0.2) is 0 Å². The molecule has 11 heavy (non-hydrogen) atoms. The zero-order chi connectivity index (χ0) is 5.66. The SMILES string of the molecule is C1=C\CC/C=C\CC/1.Cl.Cl.[Pt]. The molecule has 0 atom stereocenters. The van der Waals surface area contributed by atoms with Crippen molar-refractivity contribution in [3.05, 3.63) is 24.3 Å². The van der Waals surface area contributed by atoms with Crippen LogP contribution in [0.2, 0.25) is 0 Å². The van der Waals surface area contributed by atoms with Gasteiger partial charge in [0.25, 0.3) is 0 Å². The first-order valence-electron chi connectivity index (χ1n) is 3.30. The standard InChI is InChI=1S/C8H12.2ClH.Pt/c1-2-4-6-8-7-5-3-1;;;/h1-2,7-8H,3-6H2;2*1H;/b2-1-,8-7-;;;. The summed E-state index contributed by atoms with van der Waals surface area (Å²) in [6, 6.07) is 0. The third kappa shape index (κ3) is 10.7. The second kappa shape index (κ2) is 13.3. The summed E-state index contributed by atoms with van der Waals surface area (Å²) in [6.45, 7) is 0. The summed E-state index contributed by atoms with van der Waals surface area (Å²) in [6.07, 6.45) is 14.0. The number of halogens is 2. The molecule has 0 radical (unpaired) electrons. The topological polar surface area (TPSA) is 0 Å². The van der Waals surface area contributed by atoms with Crippen molar-refractivity contribution in [1.82, 2.24) is 0 Å². The van der Waals surface area contributed by atoms with E-state index < -0.39 is 0 Å². The largest absolute Gasteiger partial charge is 0.147 e. The van der Waals surface area contributed by atoms with Gasteiger partial charge in [0.05, 0.1) is 0 Å². The predicted molar refractivity (Wildman–Crippen MR) is 51.2 cm³/mol. The van der Waals surface area contributed by atoms with Crippen molar-refractivity contribution in [2.24, 2.45) is 0 Å². The van der Waals surface area contributed by atoms with E-state index in [4.69, 9.17) is 0 Å². The molecule has 0 bridgehead atoms. The minimum absolute atomic E-state index is 0. The van der Waals surface area contributed by atoms with Gasteiger partial charge in [-0.2, -0.15) is 0 Å². The fraction of sp³-hybridized carbons (Fsp3) is 0.500. The van der Waals surface area contributed by atoms with Gasteiger partial charge in [0.15, 0.2) is 0 Å². The molecule has 0 aliphatic heterocycles. The molecule has 0 aromatic rings. The zero-order valence-electron chi connectivity index (χ0n) is 6.27. The van der Waals surface area contributed by atoms with Gasteiger partial charge in [-0.1, -0.05) is 24.3 Å². The van der Waals surface area contributed by atoms with Gasteiger partial charge in [0.2, 0.25) is 0 Å². The molecule has 3 heteroatoms. The fourth-order valence-electron chi connectivity index (χ4n) is 0.856. The first kappa shape index (κ1) is 17.7. The Morgan fingerprint density at radius 2 is 0.727 bits per heavy atom. The summed E-state index contributed by atoms with van der Waals surface area (Å²) in [5, 5.41) is 0. The molecule has 1 aliphatic rings. The van der Waals surface area contributed by atoms with Crippen LogP contribution in [0, 0.1) is 0 Å². The Morgan fingerprint density at radius 3 is 0.909 bits per heavy atom. The molecule has 70 valence electrons. The normalized spacial score (nSPS) is 20.4. The molecule has 0 aromatic heterocycles. The Kier molecular flexibility index (Phi) is 21.5. The number of allylic oxidation sites excluding steroid dienone is 4. The first-order chi connectivity index (χ1) is 4.00. The molecule has 0 spiro atoms. The van der Waals surface area contributed by atoms with Crippen molar-refractivity contribution in [2.75, 3.05) is 0 Å². The molecule has 1 rings (SSSR count). The van der Waals surface area contributed by atoms with Crippen LogP contribution in [0.3, 0.4) is 0 Å². The van der Waals surface area contributed by atoms with Gasteiger partial charge in [-0.05, 0) is 25.7 Å². The van der Waals surface area contributed by atoms with E-state index in [0.717, 1.165) is 0 Å². The van der Waals surface area contributed by atoms with Crippen molar-refractivity contribution in [1.29, 1.82) is 0 Å². The van der Waals surface area contributed by atoms with Gasteiger partial charge >= 0.3 is 0 Å². The maximum atomic E-state index is 2.27. The van der Waals surface area contributed by atoms with E-state index in [2.05, 4.69) is 24.3 Å². The van der Waals surface area contributed by atoms with Crippen LogP contribution in [-0.2, 0) is 21.1 Å². The summed E-state index contributed by atoms with van der Waals surface area (Å²) in [4.78, 5) is 0. The maximum absolute atomic E-state index is 2.27. The Hall–Kier alpha value is 0.748. The van der Waals surface area contributed by atoms with E-state index in [1.54, 1.807) is 0 Å². The third-order valence-corrected chi connectivity index (χ3v) is 1.33. The van der Waals surface area contributed by atoms with Crippen LogP contribution in [0.5, 0.6) is 0 Å². The third-order valence-electron chi connectivity index (χ3n) is 1.33. The Bertz CT molecular complexity index is 84.7. The Morgan fingerprint density at radius 1 is 0.545 bits per heavy atom. The van der Waals surface area contributed by atoms with Gasteiger partial charge in [0.1, 0.15) is 0 Å². The minimum Gasteiger partial charge on any atom is -0.147 e. The summed E-state index contributed by atoms with van der Waals surface area (Å²) < 4.78 is 0. The molecule has 0 saturated carbocycles. The van der Waals surface area contributed by atoms with E-state index in [1.165, 1.54) is 25.7 Å². The van der Waals surface area contributed by atoms with E-state index in [0.29, 0.717) is 0 Å². The molecule has 0 amide bonds. The van der Waals surface area contributed by atoms with Gasteiger partial charge in [0, 0.05) is 21.1 Å². The van der Waals surface area contributed by atoms with Crippen LogP contribution >= 0.6 is 24.8 Å². The van der Waals surface area contributed by atoms with Crippen molar-refractivity contribution < 1.29 is 21.1 Å². The molecule has 0 unspecified atom stereocenters. The quantitative estimate of drug-likeness (QED) is 0.568. The van der Waals surface area contributed by atoms with Crippen LogP contribution in [0.4, 0.5) is 0 Å². The van der Waals surface area contributed by atoms with Gasteiger partial charge in [-0.3, -0.25) is 0 Å². The van der Waals surface area contributed by atoms with Gasteiger partial charge < -0.3 is 0 Å². The molecule has 1 aliphatic carbocycles. The van der Waals surface area contributed by atoms with E-state index in [9.17, 15) is 0 Å². The van der Waals surface area contributed by atoms with Crippen molar-refractivity contribution in [3.8, 4) is 0 Å². The molecule has 0 saturated heterocycles. The van der Waals surface area contributed by atoms with E-state index in [1.807, 2.05) is 0 Å². The van der Waals surface area contributed by atoms with Crippen LogP contribution < -0.4 is 0 Å². The van der Waals surface area contributed by atoms with Crippen LogP contribution in [0.15, 0.2) is 24.3 Å². The monoisotopic (exact) mass is 375 g/mol. The summed E-state index contributed by atoms with van der Waals surface area (Å²) in [5.41, 5.74) is 0. The predicted octanol–water partition coefficient (Wildman–Crippen LogP) is 3.51. The number of hydrogen-bond acceptors (Lipinski definition) is 0. The number of rotatable bonds is 0. The summed E-state index contributed by atoms with van der Waals surface area (Å²) >= 11 is 0. The molecule has 0 heterocycles. The van der Waals surface area contributed by atoms with Crippen molar-refractivity contribution in [3.63, 3.8) is 0 Å². The first-order valence-corrected chi connectivity index (χ1v) is 3.30. The molecule has 0 N–H and O–H groups in total. The molecular weight excluding hydrogens is 362 g/mol. The fourth-order valence-corrected chi connectivity index (χ4v) is 0.856. The molecular formula is C8H14Cl2Pt. The van der Waals surface area contributed by atoms with Crippen molar-refractivity contribution in [2.45, 2.75) is 25.7 Å². The Labute approximate surface area is 95.6 Å². The van der Waals surface area contributed by atoms with Gasteiger partial charge in [-0.15, -0.1) is 24.8 Å². The van der Waals surface area contributed by atoms with E-state index in [-0.39, 0.29) is 45.9 Å². The second-order valence-corrected chi connectivity index (χ2v) is 2.10. The Balaban J connectivity index is -0.000000213.